The van der Waals surface area contributed by atoms with E-state index in [1.54, 1.807) is 19.3 Å². The van der Waals surface area contributed by atoms with E-state index in [-0.39, 0.29) is 0 Å². The van der Waals surface area contributed by atoms with E-state index in [0.29, 0.717) is 5.41 Å². The smallest absolute Gasteiger partial charge is 0.0526 e. The van der Waals surface area contributed by atoms with E-state index >= 15 is 0 Å². The zero-order chi connectivity index (χ0) is 12.7. The Kier molecular flexibility index (Phi) is 2.78. The minimum Gasteiger partial charge on any atom is -0.384 e. The van der Waals surface area contributed by atoms with E-state index in [0.717, 1.165) is 24.3 Å². The lowest BCUT2D eigenvalue weighted by atomic mass is 9.49. The van der Waals surface area contributed by atoms with Crippen molar-refractivity contribution in [3.05, 3.63) is 24.5 Å². The van der Waals surface area contributed by atoms with Crippen molar-refractivity contribution in [3.8, 4) is 0 Å². The molecule has 0 atom stereocenters. The van der Waals surface area contributed by atoms with E-state index < -0.39 is 0 Å². The van der Waals surface area contributed by atoms with E-state index in [2.05, 4.69) is 16.4 Å². The zero-order valence-corrected chi connectivity index (χ0v) is 11.6. The summed E-state index contributed by atoms with van der Waals surface area (Å²) in [5, 5.41) is 3.56. The van der Waals surface area contributed by atoms with Crippen molar-refractivity contribution < 1.29 is 0 Å². The summed E-state index contributed by atoms with van der Waals surface area (Å²) >= 11 is 0. The summed E-state index contributed by atoms with van der Waals surface area (Å²) in [6.45, 7) is 1.12. The van der Waals surface area contributed by atoms with Crippen LogP contribution in [0.1, 0.15) is 44.9 Å². The summed E-state index contributed by atoms with van der Waals surface area (Å²) in [4.78, 5) is 4.17. The molecular weight excluding hydrogens is 232 g/mol. The maximum absolute atomic E-state index is 4.17. The van der Waals surface area contributed by atoms with Crippen molar-refractivity contribution in [2.75, 3.05) is 11.9 Å². The monoisotopic (exact) mass is 256 g/mol. The fourth-order valence-electron chi connectivity index (χ4n) is 5.54. The summed E-state index contributed by atoms with van der Waals surface area (Å²) in [6, 6.07) is 4.12. The lowest BCUT2D eigenvalue weighted by Crippen LogP contribution is -2.46. The molecule has 4 aliphatic carbocycles. The van der Waals surface area contributed by atoms with Crippen LogP contribution in [0.15, 0.2) is 24.5 Å². The summed E-state index contributed by atoms with van der Waals surface area (Å²) in [7, 11) is 0. The van der Waals surface area contributed by atoms with Crippen LogP contribution in [0.2, 0.25) is 0 Å². The second kappa shape index (κ2) is 4.50. The quantitative estimate of drug-likeness (QED) is 0.877. The van der Waals surface area contributed by atoms with E-state index in [4.69, 9.17) is 0 Å². The van der Waals surface area contributed by atoms with Crippen LogP contribution in [0.5, 0.6) is 0 Å². The minimum atomic E-state index is 0.698. The summed E-state index contributed by atoms with van der Waals surface area (Å²) in [5.74, 6) is 3.22. The predicted molar refractivity (Wildman–Crippen MR) is 77.9 cm³/mol. The van der Waals surface area contributed by atoms with Crippen LogP contribution in [-0.2, 0) is 0 Å². The fraction of sp³-hybridized carbons (Fsp3) is 0.706. The lowest BCUT2D eigenvalue weighted by molar-refractivity contribution is -0.0552. The maximum atomic E-state index is 4.17. The molecule has 4 fully saturated rings. The number of rotatable bonds is 4. The molecule has 19 heavy (non-hydrogen) atoms. The van der Waals surface area contributed by atoms with Gasteiger partial charge in [0.25, 0.3) is 0 Å². The summed E-state index contributed by atoms with van der Waals surface area (Å²) in [5.41, 5.74) is 1.87. The Bertz CT molecular complexity index is 405. The second-order valence-corrected chi connectivity index (χ2v) is 7.34. The molecular formula is C17H24N2. The van der Waals surface area contributed by atoms with Gasteiger partial charge >= 0.3 is 0 Å². The first-order valence-electron chi connectivity index (χ1n) is 7.95. The van der Waals surface area contributed by atoms with Gasteiger partial charge in [-0.3, -0.25) is 4.98 Å². The van der Waals surface area contributed by atoms with E-state index in [1.165, 1.54) is 31.4 Å². The van der Waals surface area contributed by atoms with Crippen molar-refractivity contribution in [2.24, 2.45) is 23.2 Å². The Morgan fingerprint density at radius 1 is 1.11 bits per heavy atom. The highest BCUT2D eigenvalue weighted by atomic mass is 14.9. The van der Waals surface area contributed by atoms with Gasteiger partial charge in [0, 0.05) is 18.9 Å². The topological polar surface area (TPSA) is 24.9 Å². The maximum Gasteiger partial charge on any atom is 0.0526 e. The third kappa shape index (κ3) is 2.26. The first kappa shape index (κ1) is 11.7. The zero-order valence-electron chi connectivity index (χ0n) is 11.6. The number of anilines is 1. The Balaban J connectivity index is 1.38. The molecule has 1 aromatic heterocycles. The van der Waals surface area contributed by atoms with Crippen LogP contribution in [0, 0.1) is 23.2 Å². The Morgan fingerprint density at radius 3 is 2.37 bits per heavy atom. The van der Waals surface area contributed by atoms with Gasteiger partial charge < -0.3 is 5.32 Å². The van der Waals surface area contributed by atoms with Crippen molar-refractivity contribution in [1.82, 2.24) is 4.98 Å². The van der Waals surface area contributed by atoms with Crippen LogP contribution in [-0.4, -0.2) is 11.5 Å². The number of nitrogens with one attached hydrogen (secondary N) is 1. The highest BCUT2D eigenvalue weighted by molar-refractivity contribution is 5.39. The first-order chi connectivity index (χ1) is 9.31. The molecule has 1 N–H and O–H groups in total. The van der Waals surface area contributed by atoms with Crippen molar-refractivity contribution >= 4 is 5.69 Å². The number of aromatic nitrogens is 1. The van der Waals surface area contributed by atoms with Crippen LogP contribution >= 0.6 is 0 Å². The van der Waals surface area contributed by atoms with Crippen LogP contribution in [0.25, 0.3) is 0 Å². The van der Waals surface area contributed by atoms with E-state index in [1.807, 2.05) is 18.5 Å². The molecule has 4 aliphatic rings. The molecule has 4 saturated carbocycles. The number of hydrogen-bond acceptors (Lipinski definition) is 2. The van der Waals surface area contributed by atoms with Crippen molar-refractivity contribution in [3.63, 3.8) is 0 Å². The molecule has 0 saturated heterocycles. The van der Waals surface area contributed by atoms with Crippen molar-refractivity contribution in [1.29, 1.82) is 0 Å². The molecule has 0 aromatic carbocycles. The Hall–Kier alpha value is -1.05. The minimum absolute atomic E-state index is 0.698. The largest absolute Gasteiger partial charge is 0.384 e. The average molecular weight is 256 g/mol. The fourth-order valence-corrected chi connectivity index (χ4v) is 5.54. The van der Waals surface area contributed by atoms with Gasteiger partial charge in [-0.2, -0.15) is 0 Å². The molecule has 0 amide bonds. The molecule has 102 valence electrons. The molecule has 2 heteroatoms. The van der Waals surface area contributed by atoms with Gasteiger partial charge in [0.2, 0.25) is 0 Å². The third-order valence-electron chi connectivity index (χ3n) is 5.81. The summed E-state index contributed by atoms with van der Waals surface area (Å²) < 4.78 is 0. The molecule has 1 heterocycles. The van der Waals surface area contributed by atoms with Crippen molar-refractivity contribution in [2.45, 2.75) is 44.9 Å². The predicted octanol–water partition coefficient (Wildman–Crippen LogP) is 4.10. The third-order valence-corrected chi connectivity index (χ3v) is 5.81. The van der Waals surface area contributed by atoms with Gasteiger partial charge in [0.15, 0.2) is 0 Å². The van der Waals surface area contributed by atoms with Crippen LogP contribution in [0.3, 0.4) is 0 Å². The molecule has 2 nitrogen and oxygen atoms in total. The molecule has 5 rings (SSSR count). The summed E-state index contributed by atoms with van der Waals surface area (Å²) in [6.07, 6.45) is 14.4. The highest BCUT2D eigenvalue weighted by Crippen LogP contribution is 2.61. The second-order valence-electron chi connectivity index (χ2n) is 7.34. The SMILES string of the molecule is c1cncc(NCCC23CC4CC(CC(C4)C2)C3)c1. The number of pyridine rings is 1. The molecule has 0 unspecified atom stereocenters. The van der Waals surface area contributed by atoms with Gasteiger partial charge in [-0.15, -0.1) is 0 Å². The van der Waals surface area contributed by atoms with Gasteiger partial charge in [-0.1, -0.05) is 0 Å². The van der Waals surface area contributed by atoms with E-state index in [9.17, 15) is 0 Å². The Morgan fingerprint density at radius 2 is 1.79 bits per heavy atom. The molecule has 0 radical (unpaired) electrons. The van der Waals surface area contributed by atoms with Gasteiger partial charge in [-0.25, -0.2) is 0 Å². The van der Waals surface area contributed by atoms with Gasteiger partial charge in [-0.05, 0) is 80.2 Å². The molecule has 0 spiro atoms. The highest BCUT2D eigenvalue weighted by Gasteiger charge is 2.50. The Labute approximate surface area is 116 Å². The number of hydrogen-bond donors (Lipinski definition) is 1. The molecule has 4 bridgehead atoms. The van der Waals surface area contributed by atoms with Crippen LogP contribution < -0.4 is 5.32 Å². The average Bonchev–Trinajstić information content (AvgIpc) is 2.38. The lowest BCUT2D eigenvalue weighted by Gasteiger charge is -2.57. The number of nitrogens with zero attached hydrogens (tertiary/aromatic N) is 1. The standard InChI is InChI=1S/C17H24N2/c1-2-16(12-18-4-1)19-5-3-17-9-13-6-14(10-17)8-15(7-13)11-17/h1-2,4,12-15,19H,3,5-11H2. The molecule has 0 aliphatic heterocycles. The van der Waals surface area contributed by atoms with Gasteiger partial charge in [0.1, 0.15) is 0 Å². The normalized spacial score (nSPS) is 39.5. The first-order valence-corrected chi connectivity index (χ1v) is 7.95. The molecule has 1 aromatic rings. The van der Waals surface area contributed by atoms with Crippen LogP contribution in [0.4, 0.5) is 5.69 Å². The van der Waals surface area contributed by atoms with Gasteiger partial charge in [0.05, 0.1) is 5.69 Å².